The molecular weight excluding hydrogens is 474 g/mol. The fourth-order valence-electron chi connectivity index (χ4n) is 5.04. The van der Waals surface area contributed by atoms with Gasteiger partial charge in [0.25, 0.3) is 11.8 Å². The van der Waals surface area contributed by atoms with E-state index in [4.69, 9.17) is 0 Å². The van der Waals surface area contributed by atoms with Gasteiger partial charge in [-0.15, -0.1) is 0 Å². The molecule has 3 aromatic carbocycles. The third kappa shape index (κ3) is 5.78. The van der Waals surface area contributed by atoms with E-state index < -0.39 is 0 Å². The minimum Gasteiger partial charge on any atom is -0.369 e. The average molecular weight is 510 g/mol. The van der Waals surface area contributed by atoms with Crippen LogP contribution in [0.2, 0.25) is 0 Å². The Labute approximate surface area is 224 Å². The number of amidine groups is 1. The van der Waals surface area contributed by atoms with Crippen LogP contribution in [-0.2, 0) is 6.54 Å². The summed E-state index contributed by atoms with van der Waals surface area (Å²) in [6.07, 6.45) is 1.82. The molecular formula is C31H35N5O2. The van der Waals surface area contributed by atoms with E-state index in [9.17, 15) is 9.59 Å². The van der Waals surface area contributed by atoms with Crippen molar-refractivity contribution in [3.05, 3.63) is 101 Å². The molecule has 5 rings (SSSR count). The number of aliphatic imine (C=N–C) groups is 1. The zero-order valence-electron chi connectivity index (χ0n) is 22.1. The normalized spacial score (nSPS) is 15.9. The lowest BCUT2D eigenvalue weighted by Gasteiger charge is -2.34. The smallest absolute Gasteiger partial charge is 0.256 e. The highest BCUT2D eigenvalue weighted by atomic mass is 16.2. The molecule has 1 atom stereocenters. The Bertz CT molecular complexity index is 1310. The Hall–Kier alpha value is -3.97. The van der Waals surface area contributed by atoms with Crippen LogP contribution in [-0.4, -0.2) is 55.8 Å². The first-order valence-corrected chi connectivity index (χ1v) is 13.4. The molecule has 2 heterocycles. The monoisotopic (exact) mass is 509 g/mol. The SMILES string of the molecule is CCC[C@@H](NC(=O)c1ccc2c(c1)C(NC(=O)c1ccc(N3CCN(C)CC3)cc1)=NC2)c1ccccc1. The summed E-state index contributed by atoms with van der Waals surface area (Å²) >= 11 is 0. The molecule has 7 heteroatoms. The standard InChI is InChI=1S/C31H35N5O2/c1-3-7-28(22-8-5-4-6-9-22)33-31(38)24-10-11-25-21-32-29(27(25)20-24)34-30(37)23-12-14-26(15-13-23)36-18-16-35(2)17-19-36/h4-6,8-15,20,28H,3,7,16-19,21H2,1-2H3,(H,33,38)(H,32,34,37)/t28-/m1/s1. The molecule has 1 fully saturated rings. The largest absolute Gasteiger partial charge is 0.369 e. The third-order valence-corrected chi connectivity index (χ3v) is 7.35. The Morgan fingerprint density at radius 1 is 0.895 bits per heavy atom. The van der Waals surface area contributed by atoms with Gasteiger partial charge in [-0.25, -0.2) is 0 Å². The van der Waals surface area contributed by atoms with Crippen LogP contribution in [0, 0.1) is 0 Å². The maximum atomic E-state index is 13.2. The van der Waals surface area contributed by atoms with Gasteiger partial charge in [0, 0.05) is 48.6 Å². The van der Waals surface area contributed by atoms with Gasteiger partial charge in [0.05, 0.1) is 12.6 Å². The number of anilines is 1. The maximum absolute atomic E-state index is 13.2. The van der Waals surface area contributed by atoms with Crippen molar-refractivity contribution in [1.29, 1.82) is 0 Å². The highest BCUT2D eigenvalue weighted by molar-refractivity contribution is 6.15. The van der Waals surface area contributed by atoms with Crippen LogP contribution in [0.3, 0.4) is 0 Å². The summed E-state index contributed by atoms with van der Waals surface area (Å²) in [7, 11) is 2.14. The summed E-state index contributed by atoms with van der Waals surface area (Å²) < 4.78 is 0. The van der Waals surface area contributed by atoms with Gasteiger partial charge in [-0.3, -0.25) is 14.6 Å². The topological polar surface area (TPSA) is 77.0 Å². The van der Waals surface area contributed by atoms with Gasteiger partial charge in [0.2, 0.25) is 0 Å². The number of carbonyl (C=O) groups is 2. The number of nitrogens with one attached hydrogen (secondary N) is 2. The van der Waals surface area contributed by atoms with E-state index in [0.717, 1.165) is 61.4 Å². The summed E-state index contributed by atoms with van der Waals surface area (Å²) in [6.45, 7) is 6.63. The molecule has 3 aromatic rings. The molecule has 0 spiro atoms. The molecule has 0 bridgehead atoms. The van der Waals surface area contributed by atoms with Gasteiger partial charge in [-0.1, -0.05) is 49.7 Å². The number of rotatable bonds is 7. The predicted octanol–water partition coefficient (Wildman–Crippen LogP) is 4.40. The van der Waals surface area contributed by atoms with E-state index in [1.165, 1.54) is 0 Å². The molecule has 2 amide bonds. The van der Waals surface area contributed by atoms with Gasteiger partial charge >= 0.3 is 0 Å². The van der Waals surface area contributed by atoms with E-state index in [2.05, 4.69) is 39.4 Å². The van der Waals surface area contributed by atoms with Gasteiger partial charge in [-0.05, 0) is 61.0 Å². The van der Waals surface area contributed by atoms with Crippen LogP contribution in [0.1, 0.15) is 63.2 Å². The summed E-state index contributed by atoms with van der Waals surface area (Å²) in [4.78, 5) is 35.4. The fraction of sp³-hybridized carbons (Fsp3) is 0.323. The number of benzene rings is 3. The highest BCUT2D eigenvalue weighted by Crippen LogP contribution is 2.23. The number of piperazine rings is 1. The van der Waals surface area contributed by atoms with Crippen LogP contribution < -0.4 is 15.5 Å². The van der Waals surface area contributed by atoms with Crippen molar-refractivity contribution in [2.45, 2.75) is 32.4 Å². The lowest BCUT2D eigenvalue weighted by Crippen LogP contribution is -2.44. The van der Waals surface area contributed by atoms with Crippen molar-refractivity contribution < 1.29 is 9.59 Å². The summed E-state index contributed by atoms with van der Waals surface area (Å²) in [5, 5.41) is 6.15. The minimum absolute atomic E-state index is 0.0522. The predicted molar refractivity (Wildman–Crippen MR) is 152 cm³/mol. The van der Waals surface area contributed by atoms with E-state index in [1.54, 1.807) is 0 Å². The first-order valence-electron chi connectivity index (χ1n) is 13.4. The molecule has 0 aromatic heterocycles. The lowest BCUT2D eigenvalue weighted by atomic mass is 10.0. The van der Waals surface area contributed by atoms with E-state index in [-0.39, 0.29) is 17.9 Å². The summed E-state index contributed by atoms with van der Waals surface area (Å²) in [6, 6.07) is 23.3. The van der Waals surface area contributed by atoms with Crippen molar-refractivity contribution in [3.8, 4) is 0 Å². The number of carbonyl (C=O) groups excluding carboxylic acids is 2. The molecule has 0 aliphatic carbocycles. The van der Waals surface area contributed by atoms with Gasteiger partial charge in [0.15, 0.2) is 0 Å². The zero-order chi connectivity index (χ0) is 26.5. The first kappa shape index (κ1) is 25.7. The second-order valence-electron chi connectivity index (χ2n) is 10.1. The zero-order valence-corrected chi connectivity index (χ0v) is 22.1. The van der Waals surface area contributed by atoms with Crippen molar-refractivity contribution in [2.75, 3.05) is 38.1 Å². The molecule has 2 N–H and O–H groups in total. The summed E-state index contributed by atoms with van der Waals surface area (Å²) in [5.41, 5.74) is 5.16. The van der Waals surface area contributed by atoms with Gasteiger partial charge in [0.1, 0.15) is 5.84 Å². The van der Waals surface area contributed by atoms with Crippen molar-refractivity contribution >= 4 is 23.3 Å². The van der Waals surface area contributed by atoms with Crippen LogP contribution in [0.15, 0.2) is 77.8 Å². The van der Waals surface area contributed by atoms with Crippen molar-refractivity contribution in [3.63, 3.8) is 0 Å². The van der Waals surface area contributed by atoms with Crippen molar-refractivity contribution in [2.24, 2.45) is 4.99 Å². The number of fused-ring (bicyclic) bond motifs is 1. The fourth-order valence-corrected chi connectivity index (χ4v) is 5.04. The molecule has 1 saturated heterocycles. The molecule has 7 nitrogen and oxygen atoms in total. The highest BCUT2D eigenvalue weighted by Gasteiger charge is 2.22. The van der Waals surface area contributed by atoms with E-state index in [1.807, 2.05) is 72.8 Å². The Kier molecular flexibility index (Phi) is 7.84. The second-order valence-corrected chi connectivity index (χ2v) is 10.1. The van der Waals surface area contributed by atoms with Crippen LogP contribution >= 0.6 is 0 Å². The number of amides is 2. The number of hydrogen-bond acceptors (Lipinski definition) is 5. The average Bonchev–Trinajstić information content (AvgIpc) is 3.35. The van der Waals surface area contributed by atoms with E-state index >= 15 is 0 Å². The molecule has 2 aliphatic rings. The molecule has 0 unspecified atom stereocenters. The molecule has 196 valence electrons. The molecule has 0 saturated carbocycles. The molecule has 0 radical (unpaired) electrons. The van der Waals surface area contributed by atoms with Gasteiger partial charge < -0.3 is 20.4 Å². The number of likely N-dealkylation sites (N-methyl/N-ethyl adjacent to an activating group) is 1. The van der Waals surface area contributed by atoms with Gasteiger partial charge in [-0.2, -0.15) is 0 Å². The quantitative estimate of drug-likeness (QED) is 0.495. The third-order valence-electron chi connectivity index (χ3n) is 7.35. The first-order chi connectivity index (χ1) is 18.5. The maximum Gasteiger partial charge on any atom is 0.256 e. The number of nitrogens with zero attached hydrogens (tertiary/aromatic N) is 3. The molecule has 2 aliphatic heterocycles. The summed E-state index contributed by atoms with van der Waals surface area (Å²) in [5.74, 6) is 0.173. The van der Waals surface area contributed by atoms with E-state index in [0.29, 0.717) is 23.5 Å². The van der Waals surface area contributed by atoms with Crippen LogP contribution in [0.25, 0.3) is 0 Å². The van der Waals surface area contributed by atoms with Crippen molar-refractivity contribution in [1.82, 2.24) is 15.5 Å². The Balaban J connectivity index is 1.25. The van der Waals surface area contributed by atoms with Crippen LogP contribution in [0.5, 0.6) is 0 Å². The molecule has 38 heavy (non-hydrogen) atoms. The van der Waals surface area contributed by atoms with Crippen LogP contribution in [0.4, 0.5) is 5.69 Å². The second kappa shape index (κ2) is 11.6. The lowest BCUT2D eigenvalue weighted by molar-refractivity contribution is 0.0933. The Morgan fingerprint density at radius 3 is 2.32 bits per heavy atom. The Morgan fingerprint density at radius 2 is 1.61 bits per heavy atom. The minimum atomic E-state index is -0.205. The number of hydrogen-bond donors (Lipinski definition) is 2.